The normalized spacial score (nSPS) is 21.7. The molecule has 1 atom stereocenters. The van der Waals surface area contributed by atoms with E-state index in [-0.39, 0.29) is 24.4 Å². The van der Waals surface area contributed by atoms with Crippen molar-refractivity contribution in [3.05, 3.63) is 52.8 Å². The summed E-state index contributed by atoms with van der Waals surface area (Å²) < 4.78 is 74.7. The Bertz CT molecular complexity index is 1720. The molecule has 6 rings (SSSR count). The average molecular weight is 661 g/mol. The lowest BCUT2D eigenvalue weighted by Gasteiger charge is -2.55. The molecule has 1 spiro atoms. The maximum Gasteiger partial charge on any atom is 0.419 e. The molecule has 0 unspecified atom stereocenters. The zero-order valence-corrected chi connectivity index (χ0v) is 27.5. The Hall–Kier alpha value is -3.87. The number of anilines is 1. The maximum absolute atomic E-state index is 14.3. The standard InChI is InChI=1S/C34H40F4N4O5/c1-20-13-26(45-5)23(21-9-11-42(27(20)21)30(44)47-31(2,3)4)15-40-12-10-32(16-33(35,36)17-32)14-25(40)22-7-8-24(29(43)46-6)39-28(22)41-18-34(37,38)19-41/h7-9,11,13,25H,10,12,14-19H2,1-6H3/t25-/m1/s1. The Morgan fingerprint density at radius 1 is 1.04 bits per heavy atom. The number of carbonyl (C=O) groups excluding carboxylic acids is 2. The summed E-state index contributed by atoms with van der Waals surface area (Å²) in [5.74, 6) is -5.56. The van der Waals surface area contributed by atoms with E-state index in [1.165, 1.54) is 22.6 Å². The predicted octanol–water partition coefficient (Wildman–Crippen LogP) is 7.13. The van der Waals surface area contributed by atoms with Crippen LogP contribution in [0.5, 0.6) is 5.75 Å². The molecule has 0 N–H and O–H groups in total. The van der Waals surface area contributed by atoms with Gasteiger partial charge in [0.1, 0.15) is 17.2 Å². The largest absolute Gasteiger partial charge is 0.496 e. The first-order chi connectivity index (χ1) is 21.9. The predicted molar refractivity (Wildman–Crippen MR) is 167 cm³/mol. The monoisotopic (exact) mass is 660 g/mol. The maximum atomic E-state index is 14.3. The smallest absolute Gasteiger partial charge is 0.419 e. The Morgan fingerprint density at radius 2 is 1.74 bits per heavy atom. The molecule has 2 saturated heterocycles. The van der Waals surface area contributed by atoms with Crippen LogP contribution in [-0.4, -0.2) is 77.8 Å². The second-order valence-electron chi connectivity index (χ2n) is 14.3. The molecule has 3 aliphatic rings. The number of likely N-dealkylation sites (tertiary alicyclic amines) is 1. The fourth-order valence-electron chi connectivity index (χ4n) is 7.47. The van der Waals surface area contributed by atoms with Gasteiger partial charge in [-0.1, -0.05) is 6.07 Å². The van der Waals surface area contributed by atoms with Crippen LogP contribution in [0.15, 0.2) is 30.5 Å². The van der Waals surface area contributed by atoms with Crippen molar-refractivity contribution in [3.8, 4) is 5.75 Å². The van der Waals surface area contributed by atoms with Gasteiger partial charge in [-0.05, 0) is 76.3 Å². The minimum absolute atomic E-state index is 0.0286. The number of esters is 1. The molecular formula is C34H40F4N4O5. The van der Waals surface area contributed by atoms with E-state index in [0.717, 1.165) is 16.5 Å². The highest BCUT2D eigenvalue weighted by molar-refractivity contribution is 5.95. The number of nitrogens with zero attached hydrogens (tertiary/aromatic N) is 4. The van der Waals surface area contributed by atoms with E-state index >= 15 is 0 Å². The Kier molecular flexibility index (Phi) is 8.00. The van der Waals surface area contributed by atoms with E-state index in [9.17, 15) is 27.2 Å². The molecular weight excluding hydrogens is 620 g/mol. The highest BCUT2D eigenvalue weighted by Crippen LogP contribution is 2.61. The summed E-state index contributed by atoms with van der Waals surface area (Å²) >= 11 is 0. The molecule has 9 nitrogen and oxygen atoms in total. The van der Waals surface area contributed by atoms with Gasteiger partial charge >= 0.3 is 12.1 Å². The lowest BCUT2D eigenvalue weighted by Crippen LogP contribution is -2.57. The number of hydrogen-bond acceptors (Lipinski definition) is 8. The Morgan fingerprint density at radius 3 is 2.34 bits per heavy atom. The first-order valence-corrected chi connectivity index (χ1v) is 15.7. The van der Waals surface area contributed by atoms with Crippen LogP contribution in [-0.2, 0) is 16.0 Å². The van der Waals surface area contributed by atoms with E-state index in [0.29, 0.717) is 42.8 Å². The number of carbonyl (C=O) groups is 2. The van der Waals surface area contributed by atoms with E-state index in [4.69, 9.17) is 14.2 Å². The quantitative estimate of drug-likeness (QED) is 0.204. The lowest BCUT2D eigenvalue weighted by molar-refractivity contribution is -0.186. The molecule has 0 radical (unpaired) electrons. The minimum Gasteiger partial charge on any atom is -0.496 e. The van der Waals surface area contributed by atoms with Crippen molar-refractivity contribution in [2.75, 3.05) is 38.8 Å². The van der Waals surface area contributed by atoms with E-state index < -0.39 is 54.1 Å². The Balaban J connectivity index is 1.43. The van der Waals surface area contributed by atoms with Gasteiger partial charge < -0.3 is 19.1 Å². The zero-order valence-electron chi connectivity index (χ0n) is 27.5. The zero-order chi connectivity index (χ0) is 34.1. The second-order valence-corrected chi connectivity index (χ2v) is 14.3. The molecule has 3 fully saturated rings. The van der Waals surface area contributed by atoms with Gasteiger partial charge in [-0.2, -0.15) is 0 Å². The van der Waals surface area contributed by atoms with Gasteiger partial charge in [-0.15, -0.1) is 0 Å². The third-order valence-corrected chi connectivity index (χ3v) is 9.47. The molecule has 47 heavy (non-hydrogen) atoms. The van der Waals surface area contributed by atoms with Gasteiger partial charge in [0, 0.05) is 48.1 Å². The molecule has 1 aromatic carbocycles. The van der Waals surface area contributed by atoms with Crippen molar-refractivity contribution < 1.29 is 41.4 Å². The first-order valence-electron chi connectivity index (χ1n) is 15.7. The molecule has 2 aromatic heterocycles. The number of ether oxygens (including phenoxy) is 3. The number of aromatic nitrogens is 2. The summed E-state index contributed by atoms with van der Waals surface area (Å²) in [7, 11) is 2.77. The van der Waals surface area contributed by atoms with Crippen molar-refractivity contribution in [3.63, 3.8) is 0 Å². The number of pyridine rings is 1. The molecule has 4 heterocycles. The molecule has 254 valence electrons. The van der Waals surface area contributed by atoms with Crippen molar-refractivity contribution >= 4 is 28.8 Å². The third kappa shape index (κ3) is 6.26. The van der Waals surface area contributed by atoms with Crippen LogP contribution < -0.4 is 9.64 Å². The number of benzene rings is 1. The lowest BCUT2D eigenvalue weighted by atomic mass is 9.59. The summed E-state index contributed by atoms with van der Waals surface area (Å²) in [6.07, 6.45) is 1.53. The number of alkyl halides is 4. The molecule has 0 bridgehead atoms. The van der Waals surface area contributed by atoms with E-state index in [2.05, 4.69) is 9.88 Å². The van der Waals surface area contributed by atoms with Gasteiger partial charge in [0.25, 0.3) is 5.92 Å². The highest BCUT2D eigenvalue weighted by atomic mass is 19.3. The van der Waals surface area contributed by atoms with Crippen molar-refractivity contribution in [2.45, 2.75) is 83.4 Å². The van der Waals surface area contributed by atoms with Crippen LogP contribution in [0.3, 0.4) is 0 Å². The molecule has 1 saturated carbocycles. The van der Waals surface area contributed by atoms with Crippen LogP contribution in [0, 0.1) is 12.3 Å². The SMILES string of the molecule is COC(=O)c1ccc([C@H]2CC3(CCN2Cc2c(OC)cc(C)c4c2ccn4C(=O)OC(C)(C)C)CC(F)(F)C3)c(N2CC(F)(F)C2)n1. The molecule has 0 amide bonds. The summed E-state index contributed by atoms with van der Waals surface area (Å²) in [5, 5.41) is 0.767. The first kappa shape index (κ1) is 33.0. The van der Waals surface area contributed by atoms with Gasteiger partial charge in [-0.25, -0.2) is 32.1 Å². The van der Waals surface area contributed by atoms with Crippen molar-refractivity contribution in [1.29, 1.82) is 0 Å². The van der Waals surface area contributed by atoms with E-state index in [1.54, 1.807) is 40.1 Å². The van der Waals surface area contributed by atoms with Gasteiger partial charge in [0.2, 0.25) is 5.92 Å². The number of rotatable bonds is 6. The summed E-state index contributed by atoms with van der Waals surface area (Å²) in [5.41, 5.74) is 1.47. The molecule has 2 aliphatic heterocycles. The summed E-state index contributed by atoms with van der Waals surface area (Å²) in [6.45, 7) is 6.87. The number of piperidine rings is 1. The van der Waals surface area contributed by atoms with Crippen molar-refractivity contribution in [1.82, 2.24) is 14.5 Å². The average Bonchev–Trinajstić information content (AvgIpc) is 3.42. The van der Waals surface area contributed by atoms with E-state index in [1.807, 2.05) is 19.1 Å². The second kappa shape index (κ2) is 11.4. The Labute approximate surface area is 270 Å². The fourth-order valence-corrected chi connectivity index (χ4v) is 7.47. The van der Waals surface area contributed by atoms with Crippen LogP contribution in [0.25, 0.3) is 10.9 Å². The number of hydrogen-bond donors (Lipinski definition) is 0. The molecule has 3 aromatic rings. The molecule has 1 aliphatic carbocycles. The fraction of sp³-hybridized carbons (Fsp3) is 0.559. The number of aryl methyl sites for hydroxylation is 1. The van der Waals surface area contributed by atoms with Gasteiger partial charge in [0.05, 0.1) is 32.8 Å². The summed E-state index contributed by atoms with van der Waals surface area (Å²) in [6, 6.07) is 6.36. The summed E-state index contributed by atoms with van der Waals surface area (Å²) in [4.78, 5) is 33.6. The third-order valence-electron chi connectivity index (χ3n) is 9.47. The minimum atomic E-state index is -2.91. The van der Waals surface area contributed by atoms with Gasteiger partial charge in [0.15, 0.2) is 5.69 Å². The highest BCUT2D eigenvalue weighted by Gasteiger charge is 2.59. The van der Waals surface area contributed by atoms with Crippen molar-refractivity contribution in [2.24, 2.45) is 5.41 Å². The van der Waals surface area contributed by atoms with Crippen LogP contribution in [0.1, 0.15) is 79.7 Å². The number of methoxy groups -OCH3 is 2. The van der Waals surface area contributed by atoms with Crippen LogP contribution in [0.2, 0.25) is 0 Å². The molecule has 13 heteroatoms. The topological polar surface area (TPSA) is 86.1 Å². The van der Waals surface area contributed by atoms with Crippen LogP contribution >= 0.6 is 0 Å². The van der Waals surface area contributed by atoms with Crippen LogP contribution in [0.4, 0.5) is 28.2 Å². The van der Waals surface area contributed by atoms with Gasteiger partial charge in [-0.3, -0.25) is 9.47 Å². The number of fused-ring (bicyclic) bond motifs is 1. The number of halogens is 4.